The first-order chi connectivity index (χ1) is 9.30. The van der Waals surface area contributed by atoms with Crippen LogP contribution in [-0.4, -0.2) is 36.1 Å². The van der Waals surface area contributed by atoms with Crippen LogP contribution in [0.4, 0.5) is 0 Å². The molecule has 0 atom stereocenters. The molecule has 0 aliphatic carbocycles. The van der Waals surface area contributed by atoms with Gasteiger partial charge in [0.15, 0.2) is 0 Å². The molecule has 4 heteroatoms. The van der Waals surface area contributed by atoms with Gasteiger partial charge in [-0.05, 0) is 24.1 Å². The number of aliphatic hydroxyl groups is 2. The average molecular weight is 267 g/mol. The molecule has 1 aromatic carbocycles. The Balaban J connectivity index is 2.30. The van der Waals surface area contributed by atoms with Crippen LogP contribution in [0.1, 0.15) is 31.7 Å². The highest BCUT2D eigenvalue weighted by Gasteiger charge is 2.04. The first-order valence-corrected chi connectivity index (χ1v) is 6.97. The van der Waals surface area contributed by atoms with E-state index in [-0.39, 0.29) is 19.3 Å². The fourth-order valence-corrected chi connectivity index (χ4v) is 1.69. The Morgan fingerprint density at radius 3 is 2.37 bits per heavy atom. The number of benzene rings is 1. The van der Waals surface area contributed by atoms with Gasteiger partial charge in [0.2, 0.25) is 0 Å². The third kappa shape index (κ3) is 6.57. The standard InChI is InChI=1S/C15H25NO3/c1-2-3-4-9-19-15-7-5-13(6-8-15)10-16-14(11-17)12-18/h5-8,14,16-18H,2-4,9-12H2,1H3. The van der Waals surface area contributed by atoms with Crippen LogP contribution in [0.3, 0.4) is 0 Å². The largest absolute Gasteiger partial charge is 0.494 e. The van der Waals surface area contributed by atoms with Crippen LogP contribution >= 0.6 is 0 Å². The second-order valence-electron chi connectivity index (χ2n) is 4.64. The first-order valence-electron chi connectivity index (χ1n) is 6.97. The van der Waals surface area contributed by atoms with Gasteiger partial charge in [0, 0.05) is 6.54 Å². The Morgan fingerprint density at radius 2 is 1.79 bits per heavy atom. The van der Waals surface area contributed by atoms with E-state index in [4.69, 9.17) is 14.9 Å². The molecule has 0 aromatic heterocycles. The monoisotopic (exact) mass is 267 g/mol. The number of rotatable bonds is 10. The number of hydrogen-bond donors (Lipinski definition) is 3. The summed E-state index contributed by atoms with van der Waals surface area (Å²) in [5, 5.41) is 21.0. The second kappa shape index (κ2) is 9.78. The summed E-state index contributed by atoms with van der Waals surface area (Å²) >= 11 is 0. The van der Waals surface area contributed by atoms with Gasteiger partial charge < -0.3 is 20.3 Å². The topological polar surface area (TPSA) is 61.7 Å². The zero-order chi connectivity index (χ0) is 13.9. The smallest absolute Gasteiger partial charge is 0.119 e. The molecule has 0 fully saturated rings. The summed E-state index contributed by atoms with van der Waals surface area (Å²) in [7, 11) is 0. The lowest BCUT2D eigenvalue weighted by atomic mass is 10.2. The lowest BCUT2D eigenvalue weighted by molar-refractivity contribution is 0.170. The van der Waals surface area contributed by atoms with E-state index >= 15 is 0 Å². The molecule has 0 bridgehead atoms. The molecule has 0 heterocycles. The predicted molar refractivity (Wildman–Crippen MR) is 76.3 cm³/mol. The van der Waals surface area contributed by atoms with Crippen LogP contribution in [-0.2, 0) is 6.54 Å². The molecule has 0 saturated carbocycles. The minimum absolute atomic E-state index is 0.0604. The van der Waals surface area contributed by atoms with Gasteiger partial charge in [-0.3, -0.25) is 0 Å². The summed E-state index contributed by atoms with van der Waals surface area (Å²) in [4.78, 5) is 0. The molecule has 3 N–H and O–H groups in total. The number of aliphatic hydroxyl groups excluding tert-OH is 2. The van der Waals surface area contributed by atoms with E-state index < -0.39 is 0 Å². The van der Waals surface area contributed by atoms with Crippen LogP contribution < -0.4 is 10.1 Å². The first kappa shape index (κ1) is 16.0. The van der Waals surface area contributed by atoms with Gasteiger partial charge in [-0.25, -0.2) is 0 Å². The van der Waals surface area contributed by atoms with Gasteiger partial charge in [0.1, 0.15) is 5.75 Å². The maximum atomic E-state index is 8.95. The van der Waals surface area contributed by atoms with Gasteiger partial charge in [-0.15, -0.1) is 0 Å². The van der Waals surface area contributed by atoms with Gasteiger partial charge in [0.05, 0.1) is 25.9 Å². The second-order valence-corrected chi connectivity index (χ2v) is 4.64. The third-order valence-electron chi connectivity index (χ3n) is 2.98. The maximum absolute atomic E-state index is 8.95. The molecule has 0 aliphatic rings. The lowest BCUT2D eigenvalue weighted by Gasteiger charge is -2.13. The predicted octanol–water partition coefficient (Wildman–Crippen LogP) is 1.70. The third-order valence-corrected chi connectivity index (χ3v) is 2.98. The van der Waals surface area contributed by atoms with Crippen molar-refractivity contribution in [2.24, 2.45) is 0 Å². The van der Waals surface area contributed by atoms with Crippen molar-refractivity contribution in [3.63, 3.8) is 0 Å². The van der Waals surface area contributed by atoms with Crippen LogP contribution in [0, 0.1) is 0 Å². The van der Waals surface area contributed by atoms with Crippen molar-refractivity contribution in [2.75, 3.05) is 19.8 Å². The van der Waals surface area contributed by atoms with E-state index in [2.05, 4.69) is 12.2 Å². The van der Waals surface area contributed by atoms with Gasteiger partial charge in [-0.2, -0.15) is 0 Å². The number of nitrogens with one attached hydrogen (secondary N) is 1. The minimum Gasteiger partial charge on any atom is -0.494 e. The molecule has 1 rings (SSSR count). The Bertz CT molecular complexity index is 323. The summed E-state index contributed by atoms with van der Waals surface area (Å²) in [6, 6.07) is 7.64. The van der Waals surface area contributed by atoms with Crippen molar-refractivity contribution in [1.29, 1.82) is 0 Å². The fraction of sp³-hybridized carbons (Fsp3) is 0.600. The molecule has 0 spiro atoms. The molecule has 0 aliphatic heterocycles. The molecule has 1 aromatic rings. The maximum Gasteiger partial charge on any atom is 0.119 e. The zero-order valence-electron chi connectivity index (χ0n) is 11.6. The number of hydrogen-bond acceptors (Lipinski definition) is 4. The Morgan fingerprint density at radius 1 is 1.11 bits per heavy atom. The molecule has 0 amide bonds. The molecule has 0 saturated heterocycles. The van der Waals surface area contributed by atoms with E-state index in [1.165, 1.54) is 12.8 Å². The average Bonchev–Trinajstić information content (AvgIpc) is 2.46. The molecule has 0 unspecified atom stereocenters. The van der Waals surface area contributed by atoms with Crippen LogP contribution in [0.15, 0.2) is 24.3 Å². The van der Waals surface area contributed by atoms with Crippen molar-refractivity contribution in [1.82, 2.24) is 5.32 Å². The molecule has 19 heavy (non-hydrogen) atoms. The number of unbranched alkanes of at least 4 members (excludes halogenated alkanes) is 2. The van der Waals surface area contributed by atoms with E-state index in [1.807, 2.05) is 24.3 Å². The Labute approximate surface area is 115 Å². The van der Waals surface area contributed by atoms with Gasteiger partial charge in [0.25, 0.3) is 0 Å². The van der Waals surface area contributed by atoms with E-state index in [0.717, 1.165) is 24.3 Å². The van der Waals surface area contributed by atoms with Gasteiger partial charge >= 0.3 is 0 Å². The van der Waals surface area contributed by atoms with Crippen molar-refractivity contribution in [2.45, 2.75) is 38.8 Å². The van der Waals surface area contributed by atoms with Crippen LogP contribution in [0.5, 0.6) is 5.75 Å². The highest BCUT2D eigenvalue weighted by Crippen LogP contribution is 2.13. The van der Waals surface area contributed by atoms with Crippen LogP contribution in [0.25, 0.3) is 0 Å². The van der Waals surface area contributed by atoms with Crippen molar-refractivity contribution < 1.29 is 14.9 Å². The normalized spacial score (nSPS) is 10.9. The van der Waals surface area contributed by atoms with Crippen molar-refractivity contribution in [3.05, 3.63) is 29.8 Å². The summed E-state index contributed by atoms with van der Waals surface area (Å²) in [6.07, 6.45) is 3.49. The zero-order valence-corrected chi connectivity index (χ0v) is 11.6. The molecular weight excluding hydrogens is 242 g/mol. The summed E-state index contributed by atoms with van der Waals surface area (Å²) in [5.74, 6) is 0.890. The molecule has 0 radical (unpaired) electrons. The summed E-state index contributed by atoms with van der Waals surface area (Å²) < 4.78 is 5.63. The Hall–Kier alpha value is -1.10. The van der Waals surface area contributed by atoms with E-state index in [1.54, 1.807) is 0 Å². The van der Waals surface area contributed by atoms with Gasteiger partial charge in [-0.1, -0.05) is 31.9 Å². The summed E-state index contributed by atoms with van der Waals surface area (Å²) in [5.41, 5.74) is 1.10. The summed E-state index contributed by atoms with van der Waals surface area (Å²) in [6.45, 7) is 3.45. The van der Waals surface area contributed by atoms with Crippen molar-refractivity contribution >= 4 is 0 Å². The molecule has 4 nitrogen and oxygen atoms in total. The molecular formula is C15H25NO3. The fourth-order valence-electron chi connectivity index (χ4n) is 1.69. The highest BCUT2D eigenvalue weighted by molar-refractivity contribution is 5.27. The Kier molecular flexibility index (Phi) is 8.21. The van der Waals surface area contributed by atoms with Crippen LogP contribution in [0.2, 0.25) is 0 Å². The SMILES string of the molecule is CCCCCOc1ccc(CNC(CO)CO)cc1. The quantitative estimate of drug-likeness (QED) is 0.565. The lowest BCUT2D eigenvalue weighted by Crippen LogP contribution is -2.35. The van der Waals surface area contributed by atoms with Crippen molar-refractivity contribution in [3.8, 4) is 5.75 Å². The van der Waals surface area contributed by atoms with E-state index in [0.29, 0.717) is 6.54 Å². The minimum atomic E-state index is -0.259. The molecule has 108 valence electrons. The van der Waals surface area contributed by atoms with E-state index in [9.17, 15) is 0 Å². The number of ether oxygens (including phenoxy) is 1. The highest BCUT2D eigenvalue weighted by atomic mass is 16.5.